The fourth-order valence-corrected chi connectivity index (χ4v) is 4.25. The van der Waals surface area contributed by atoms with E-state index in [0.29, 0.717) is 23.8 Å². The molecule has 0 unspecified atom stereocenters. The van der Waals surface area contributed by atoms with Crippen LogP contribution in [0.25, 0.3) is 0 Å². The van der Waals surface area contributed by atoms with Crippen LogP contribution < -0.4 is 19.1 Å². The SMILES string of the molecule is CCOc1ccc(N(CC(=O)N(Cc2ccc(OC)cc2)[C@@H](C)C(=O)NC(C)C)S(C)(=O)=O)cc1. The van der Waals surface area contributed by atoms with Crippen molar-refractivity contribution in [1.82, 2.24) is 10.2 Å². The summed E-state index contributed by atoms with van der Waals surface area (Å²) in [4.78, 5) is 27.6. The number of carbonyl (C=O) groups is 2. The molecule has 0 radical (unpaired) electrons. The molecule has 192 valence electrons. The summed E-state index contributed by atoms with van der Waals surface area (Å²) >= 11 is 0. The molecule has 1 N–H and O–H groups in total. The zero-order valence-corrected chi connectivity index (χ0v) is 22.0. The third-order valence-corrected chi connectivity index (χ3v) is 6.37. The molecule has 9 nitrogen and oxygen atoms in total. The van der Waals surface area contributed by atoms with Gasteiger partial charge in [-0.2, -0.15) is 0 Å². The number of nitrogens with zero attached hydrogens (tertiary/aromatic N) is 2. The maximum Gasteiger partial charge on any atom is 0.244 e. The number of ether oxygens (including phenoxy) is 2. The van der Waals surface area contributed by atoms with E-state index in [2.05, 4.69) is 5.32 Å². The van der Waals surface area contributed by atoms with Gasteiger partial charge in [0.25, 0.3) is 0 Å². The molecule has 0 aromatic heterocycles. The highest BCUT2D eigenvalue weighted by molar-refractivity contribution is 7.92. The Hall–Kier alpha value is -3.27. The van der Waals surface area contributed by atoms with Gasteiger partial charge in [-0.3, -0.25) is 13.9 Å². The van der Waals surface area contributed by atoms with Crippen LogP contribution >= 0.6 is 0 Å². The van der Waals surface area contributed by atoms with Crippen molar-refractivity contribution in [2.24, 2.45) is 0 Å². The Kier molecular flexibility index (Phi) is 9.94. The lowest BCUT2D eigenvalue weighted by Crippen LogP contribution is -2.52. The van der Waals surface area contributed by atoms with Gasteiger partial charge in [0.15, 0.2) is 0 Å². The zero-order valence-electron chi connectivity index (χ0n) is 21.1. The number of amides is 2. The molecule has 0 fully saturated rings. The van der Waals surface area contributed by atoms with Crippen LogP contribution in [-0.2, 0) is 26.2 Å². The molecule has 0 aliphatic heterocycles. The first-order chi connectivity index (χ1) is 16.5. The minimum atomic E-state index is -3.79. The van der Waals surface area contributed by atoms with Crippen LogP contribution in [0.15, 0.2) is 48.5 Å². The molecule has 2 aromatic rings. The third-order valence-electron chi connectivity index (χ3n) is 5.23. The Bertz CT molecular complexity index is 1090. The van der Waals surface area contributed by atoms with Gasteiger partial charge in [0.1, 0.15) is 24.1 Å². The van der Waals surface area contributed by atoms with Crippen LogP contribution in [0.1, 0.15) is 33.3 Å². The molecule has 0 heterocycles. The molecule has 10 heteroatoms. The number of nitrogens with one attached hydrogen (secondary N) is 1. The van der Waals surface area contributed by atoms with E-state index >= 15 is 0 Å². The van der Waals surface area contributed by atoms with Crippen molar-refractivity contribution < 1.29 is 27.5 Å². The van der Waals surface area contributed by atoms with E-state index in [1.54, 1.807) is 62.6 Å². The van der Waals surface area contributed by atoms with Crippen molar-refractivity contribution in [3.05, 3.63) is 54.1 Å². The van der Waals surface area contributed by atoms with Crippen molar-refractivity contribution in [2.75, 3.05) is 30.8 Å². The van der Waals surface area contributed by atoms with Gasteiger partial charge in [-0.1, -0.05) is 12.1 Å². The molecule has 0 saturated heterocycles. The fourth-order valence-electron chi connectivity index (χ4n) is 3.40. The Morgan fingerprint density at radius 3 is 2.03 bits per heavy atom. The molecule has 2 rings (SSSR count). The lowest BCUT2D eigenvalue weighted by Gasteiger charge is -2.32. The minimum absolute atomic E-state index is 0.112. The smallest absolute Gasteiger partial charge is 0.244 e. The molecular formula is C25H35N3O6S. The summed E-state index contributed by atoms with van der Waals surface area (Å²) in [5.41, 5.74) is 1.10. The Morgan fingerprint density at radius 2 is 1.54 bits per heavy atom. The first-order valence-corrected chi connectivity index (χ1v) is 13.2. The van der Waals surface area contributed by atoms with Gasteiger partial charge in [0.05, 0.1) is 25.7 Å². The summed E-state index contributed by atoms with van der Waals surface area (Å²) < 4.78 is 36.9. The highest BCUT2D eigenvalue weighted by atomic mass is 32.2. The Labute approximate surface area is 208 Å². The largest absolute Gasteiger partial charge is 0.497 e. The molecule has 0 spiro atoms. The average Bonchev–Trinajstić information content (AvgIpc) is 2.80. The first kappa shape index (κ1) is 28.0. The van der Waals surface area contributed by atoms with Gasteiger partial charge < -0.3 is 19.7 Å². The van der Waals surface area contributed by atoms with E-state index in [0.717, 1.165) is 16.1 Å². The van der Waals surface area contributed by atoms with Crippen LogP contribution in [0.4, 0.5) is 5.69 Å². The third kappa shape index (κ3) is 8.17. The fraction of sp³-hybridized carbons (Fsp3) is 0.440. The molecular weight excluding hydrogens is 470 g/mol. The van der Waals surface area contributed by atoms with Crippen LogP contribution in [0, 0.1) is 0 Å². The normalized spacial score (nSPS) is 12.1. The number of hydrogen-bond donors (Lipinski definition) is 1. The summed E-state index contributed by atoms with van der Waals surface area (Å²) in [6, 6.07) is 12.7. The average molecular weight is 506 g/mol. The minimum Gasteiger partial charge on any atom is -0.497 e. The van der Waals surface area contributed by atoms with Crippen molar-refractivity contribution in [1.29, 1.82) is 0 Å². The van der Waals surface area contributed by atoms with E-state index in [4.69, 9.17) is 9.47 Å². The molecule has 0 bridgehead atoms. The van der Waals surface area contributed by atoms with Gasteiger partial charge in [-0.25, -0.2) is 8.42 Å². The van der Waals surface area contributed by atoms with Crippen molar-refractivity contribution in [2.45, 2.75) is 46.3 Å². The highest BCUT2D eigenvalue weighted by Crippen LogP contribution is 2.23. The molecule has 0 saturated carbocycles. The number of rotatable bonds is 12. The predicted molar refractivity (Wildman–Crippen MR) is 136 cm³/mol. The lowest BCUT2D eigenvalue weighted by molar-refractivity contribution is -0.139. The van der Waals surface area contributed by atoms with E-state index < -0.39 is 28.5 Å². The quantitative estimate of drug-likeness (QED) is 0.476. The summed E-state index contributed by atoms with van der Waals surface area (Å²) in [6.45, 7) is 7.28. The maximum absolute atomic E-state index is 13.5. The zero-order chi connectivity index (χ0) is 26.2. The van der Waals surface area contributed by atoms with Crippen LogP contribution in [0.5, 0.6) is 11.5 Å². The van der Waals surface area contributed by atoms with E-state index in [-0.39, 0.29) is 18.5 Å². The molecule has 0 aliphatic rings. The summed E-state index contributed by atoms with van der Waals surface area (Å²) in [6.07, 6.45) is 1.04. The second-order valence-corrected chi connectivity index (χ2v) is 10.3. The standard InChI is InChI=1S/C25H35N3O6S/c1-7-34-23-14-10-21(11-15-23)28(35(6,31)32)17-24(29)27(19(4)25(30)26-18(2)3)16-20-8-12-22(33-5)13-9-20/h8-15,18-19H,7,16-17H2,1-6H3,(H,26,30)/t19-/m0/s1. The number of methoxy groups -OCH3 is 1. The summed E-state index contributed by atoms with van der Waals surface area (Å²) in [5, 5.41) is 2.82. The Balaban J connectivity index is 2.36. The Morgan fingerprint density at radius 1 is 0.971 bits per heavy atom. The van der Waals surface area contributed by atoms with Gasteiger partial charge in [0, 0.05) is 12.6 Å². The summed E-state index contributed by atoms with van der Waals surface area (Å²) in [5.74, 6) is 0.424. The second-order valence-electron chi connectivity index (χ2n) is 8.41. The van der Waals surface area contributed by atoms with Gasteiger partial charge in [0.2, 0.25) is 21.8 Å². The summed E-state index contributed by atoms with van der Waals surface area (Å²) in [7, 11) is -2.23. The van der Waals surface area contributed by atoms with Crippen LogP contribution in [0.3, 0.4) is 0 Å². The van der Waals surface area contributed by atoms with Gasteiger partial charge in [-0.05, 0) is 69.7 Å². The molecule has 35 heavy (non-hydrogen) atoms. The monoisotopic (exact) mass is 505 g/mol. The van der Waals surface area contributed by atoms with Gasteiger partial charge >= 0.3 is 0 Å². The van der Waals surface area contributed by atoms with E-state index in [9.17, 15) is 18.0 Å². The molecule has 0 aliphatic carbocycles. The van der Waals surface area contributed by atoms with Crippen LogP contribution in [0.2, 0.25) is 0 Å². The number of sulfonamides is 1. The van der Waals surface area contributed by atoms with E-state index in [1.807, 2.05) is 20.8 Å². The predicted octanol–water partition coefficient (Wildman–Crippen LogP) is 2.80. The van der Waals surface area contributed by atoms with Crippen LogP contribution in [-0.4, -0.2) is 63.7 Å². The number of hydrogen-bond acceptors (Lipinski definition) is 6. The molecule has 2 amide bonds. The number of carbonyl (C=O) groups excluding carboxylic acids is 2. The lowest BCUT2D eigenvalue weighted by atomic mass is 10.1. The molecule has 2 aromatic carbocycles. The number of anilines is 1. The van der Waals surface area contributed by atoms with Crippen molar-refractivity contribution in [3.8, 4) is 11.5 Å². The van der Waals surface area contributed by atoms with E-state index in [1.165, 1.54) is 4.90 Å². The topological polar surface area (TPSA) is 105 Å². The maximum atomic E-state index is 13.5. The van der Waals surface area contributed by atoms with Crippen molar-refractivity contribution in [3.63, 3.8) is 0 Å². The van der Waals surface area contributed by atoms with Crippen molar-refractivity contribution >= 4 is 27.5 Å². The second kappa shape index (κ2) is 12.4. The highest BCUT2D eigenvalue weighted by Gasteiger charge is 2.30. The first-order valence-electron chi connectivity index (χ1n) is 11.4. The molecule has 1 atom stereocenters. The number of benzene rings is 2. The van der Waals surface area contributed by atoms with Gasteiger partial charge in [-0.15, -0.1) is 0 Å².